The molecule has 56 heavy (non-hydrogen) atoms. The van der Waals surface area contributed by atoms with E-state index in [0.29, 0.717) is 46.8 Å². The van der Waals surface area contributed by atoms with Crippen LogP contribution in [0.1, 0.15) is 64.5 Å². The summed E-state index contributed by atoms with van der Waals surface area (Å²) in [5.74, 6) is -1.67. The average Bonchev–Trinajstić information content (AvgIpc) is 3.40. The van der Waals surface area contributed by atoms with Gasteiger partial charge in [0.2, 0.25) is 11.6 Å². The molecule has 0 saturated carbocycles. The molecule has 0 unspecified atom stereocenters. The van der Waals surface area contributed by atoms with Gasteiger partial charge in [0.1, 0.15) is 6.54 Å². The largest absolute Gasteiger partial charge is 0.366 e. The number of primary amides is 1. The number of nitrogens with two attached hydrogens (primary N) is 1. The van der Waals surface area contributed by atoms with Crippen molar-refractivity contribution in [2.45, 2.75) is 74.0 Å². The Morgan fingerprint density at radius 2 is 1.30 bits per heavy atom. The summed E-state index contributed by atoms with van der Waals surface area (Å²) >= 11 is 0. The Bertz CT molecular complexity index is 2520. The van der Waals surface area contributed by atoms with Gasteiger partial charge in [-0.15, -0.1) is 0 Å². The van der Waals surface area contributed by atoms with E-state index in [1.807, 2.05) is 37.2 Å². The highest BCUT2D eigenvalue weighted by Gasteiger charge is 2.45. The Morgan fingerprint density at radius 1 is 0.750 bits per heavy atom. The summed E-state index contributed by atoms with van der Waals surface area (Å²) in [5.41, 5.74) is 7.81. The van der Waals surface area contributed by atoms with Crippen LogP contribution in [0.2, 0.25) is 0 Å². The van der Waals surface area contributed by atoms with Crippen LogP contribution < -0.4 is 10.6 Å². The maximum Gasteiger partial charge on any atom is 0.294 e. The Hall–Kier alpha value is -4.02. The summed E-state index contributed by atoms with van der Waals surface area (Å²) in [6.45, 7) is 7.89. The van der Waals surface area contributed by atoms with Gasteiger partial charge in [-0.2, -0.15) is 38.2 Å². The SMILES string of the molecule is CC1(C)C(/C=C/C=C(/C=C/C=C2/N(CCCCS(=O)(=O)O)c3ccc(S(=O)(=O)O)cc3C2(C)C)C(N)=O)=[N+](CCCCS(=O)(=O)O)c2ccc(S(=O)(=O)O)cc21. The van der Waals surface area contributed by atoms with E-state index >= 15 is 0 Å². The van der Waals surface area contributed by atoms with Gasteiger partial charge in [-0.3, -0.25) is 23.0 Å². The first-order chi connectivity index (χ1) is 25.6. The molecule has 4 rings (SSSR count). The predicted octanol–water partition coefficient (Wildman–Crippen LogP) is 4.10. The number of unbranched alkanes of at least 4 members (excludes halogenated alkanes) is 2. The van der Waals surface area contributed by atoms with Crippen LogP contribution in [0, 0.1) is 0 Å². The van der Waals surface area contributed by atoms with Gasteiger partial charge in [0.25, 0.3) is 40.5 Å². The Labute approximate surface area is 327 Å². The quantitative estimate of drug-likeness (QED) is 0.0493. The minimum absolute atomic E-state index is 0.0714. The van der Waals surface area contributed by atoms with Crippen LogP contribution in [0.25, 0.3) is 0 Å². The van der Waals surface area contributed by atoms with Gasteiger partial charge < -0.3 is 10.6 Å². The zero-order valence-corrected chi connectivity index (χ0v) is 34.4. The van der Waals surface area contributed by atoms with Crippen molar-refractivity contribution < 1.29 is 61.3 Å². The van der Waals surface area contributed by atoms with E-state index in [2.05, 4.69) is 0 Å². The standard InChI is InChI=1S/C36H45N3O13S4/c1-35(2)28-23-26(55(47,48)49)15-17-30(28)38(19-5-7-21-53(41,42)43)32(35)13-9-11-25(34(37)40)12-10-14-33-36(3,4)29-24-27(56(50,51)52)16-18-31(29)39(33)20-6-8-22-54(44,45)46/h9-18,23-24H,5-8,19-22H2,1-4H3,(H5-,37,40,41,42,43,44,45,46,47,48,49,50,51,52)/p+1. The van der Waals surface area contributed by atoms with Crippen LogP contribution in [-0.2, 0) is 56.1 Å². The number of benzene rings is 2. The third kappa shape index (κ3) is 10.7. The molecule has 0 spiro atoms. The van der Waals surface area contributed by atoms with Gasteiger partial charge in [0.15, 0.2) is 5.71 Å². The van der Waals surface area contributed by atoms with E-state index in [-0.39, 0.29) is 41.3 Å². The highest BCUT2D eigenvalue weighted by atomic mass is 32.2. The fraction of sp³-hybridized carbons (Fsp3) is 0.389. The lowest BCUT2D eigenvalue weighted by Gasteiger charge is -2.27. The minimum Gasteiger partial charge on any atom is -0.366 e. The molecule has 0 aliphatic carbocycles. The minimum atomic E-state index is -4.53. The van der Waals surface area contributed by atoms with Crippen LogP contribution in [0.5, 0.6) is 0 Å². The van der Waals surface area contributed by atoms with Crippen molar-refractivity contribution in [2.24, 2.45) is 5.73 Å². The van der Waals surface area contributed by atoms with Crippen molar-refractivity contribution in [1.82, 2.24) is 0 Å². The molecular weight excluding hydrogens is 811 g/mol. The number of amides is 1. The number of hydrogen-bond donors (Lipinski definition) is 5. The van der Waals surface area contributed by atoms with Gasteiger partial charge in [0, 0.05) is 53.0 Å². The molecular formula is C36H46N3O13S4+. The van der Waals surface area contributed by atoms with Crippen molar-refractivity contribution in [3.05, 3.63) is 95.3 Å². The van der Waals surface area contributed by atoms with Crippen LogP contribution in [0.4, 0.5) is 11.4 Å². The maximum atomic E-state index is 12.6. The molecule has 2 heterocycles. The van der Waals surface area contributed by atoms with Crippen molar-refractivity contribution >= 4 is 63.5 Å². The number of nitrogens with zero attached hydrogens (tertiary/aromatic N) is 2. The number of rotatable bonds is 17. The lowest BCUT2D eigenvalue weighted by Crippen LogP contribution is -2.28. The van der Waals surface area contributed by atoms with E-state index < -0.39 is 68.7 Å². The Kier molecular flexibility index (Phi) is 13.1. The highest BCUT2D eigenvalue weighted by Crippen LogP contribution is 2.48. The van der Waals surface area contributed by atoms with Crippen LogP contribution in [-0.4, -0.2) is 92.7 Å². The maximum absolute atomic E-state index is 12.6. The molecule has 0 fully saturated rings. The summed E-state index contributed by atoms with van der Waals surface area (Å²) in [6.07, 6.45) is 10.4. The molecule has 0 bridgehead atoms. The van der Waals surface area contributed by atoms with Gasteiger partial charge in [0.05, 0.1) is 26.7 Å². The summed E-state index contributed by atoms with van der Waals surface area (Å²) in [6, 6.07) is 8.31. The Balaban J connectivity index is 1.71. The molecule has 2 aliphatic heterocycles. The molecule has 16 nitrogen and oxygen atoms in total. The molecule has 1 amide bonds. The zero-order valence-electron chi connectivity index (χ0n) is 31.2. The smallest absolute Gasteiger partial charge is 0.294 e. The monoisotopic (exact) mass is 856 g/mol. The normalized spacial score (nSPS) is 18.0. The number of hydrogen-bond acceptors (Lipinski definition) is 10. The van der Waals surface area contributed by atoms with E-state index in [1.165, 1.54) is 48.6 Å². The number of carbonyl (C=O) groups excluding carboxylic acids is 1. The molecule has 2 aromatic rings. The third-order valence-corrected chi connectivity index (χ3v) is 13.0. The summed E-state index contributed by atoms with van der Waals surface area (Å²) in [5, 5.41) is 0. The first-order valence-electron chi connectivity index (χ1n) is 17.3. The second-order valence-corrected chi connectivity index (χ2v) is 20.5. The molecule has 0 radical (unpaired) electrons. The van der Waals surface area contributed by atoms with E-state index in [0.717, 1.165) is 0 Å². The summed E-state index contributed by atoms with van der Waals surface area (Å²) < 4.78 is 133. The summed E-state index contributed by atoms with van der Waals surface area (Å²) in [7, 11) is -17.4. The molecule has 0 aromatic heterocycles. The number of allylic oxidation sites excluding steroid dienone is 6. The lowest BCUT2D eigenvalue weighted by molar-refractivity contribution is -0.438. The molecule has 2 aliphatic rings. The summed E-state index contributed by atoms with van der Waals surface area (Å²) in [4.78, 5) is 13.8. The topological polar surface area (TPSA) is 267 Å². The number of anilines is 1. The van der Waals surface area contributed by atoms with E-state index in [9.17, 15) is 56.7 Å². The molecule has 2 aromatic carbocycles. The number of carbonyl (C=O) groups is 1. The van der Waals surface area contributed by atoms with Crippen LogP contribution in [0.3, 0.4) is 0 Å². The first kappa shape index (κ1) is 44.7. The van der Waals surface area contributed by atoms with Crippen molar-refractivity contribution in [2.75, 3.05) is 29.5 Å². The molecule has 20 heteroatoms. The van der Waals surface area contributed by atoms with Crippen molar-refractivity contribution in [3.63, 3.8) is 0 Å². The molecule has 0 atom stereocenters. The fourth-order valence-corrected chi connectivity index (χ4v) is 9.08. The third-order valence-electron chi connectivity index (χ3n) is 9.73. The second-order valence-electron chi connectivity index (χ2n) is 14.5. The van der Waals surface area contributed by atoms with Crippen molar-refractivity contribution in [3.8, 4) is 0 Å². The van der Waals surface area contributed by atoms with Crippen LogP contribution in [0.15, 0.2) is 93.9 Å². The van der Waals surface area contributed by atoms with Gasteiger partial charge in [-0.05, 0) is 87.2 Å². The average molecular weight is 857 g/mol. The van der Waals surface area contributed by atoms with E-state index in [1.54, 1.807) is 24.3 Å². The predicted molar refractivity (Wildman–Crippen MR) is 211 cm³/mol. The van der Waals surface area contributed by atoms with Crippen LogP contribution >= 0.6 is 0 Å². The van der Waals surface area contributed by atoms with Gasteiger partial charge in [-0.1, -0.05) is 26.0 Å². The first-order valence-corrected chi connectivity index (χ1v) is 23.4. The number of fused-ring (bicyclic) bond motifs is 2. The van der Waals surface area contributed by atoms with Gasteiger partial charge in [-0.25, -0.2) is 0 Å². The lowest BCUT2D eigenvalue weighted by atomic mass is 9.81. The van der Waals surface area contributed by atoms with Crippen molar-refractivity contribution in [1.29, 1.82) is 0 Å². The Morgan fingerprint density at radius 3 is 1.86 bits per heavy atom. The molecule has 6 N–H and O–H groups in total. The highest BCUT2D eigenvalue weighted by molar-refractivity contribution is 7.86. The molecule has 0 saturated heterocycles. The zero-order chi connectivity index (χ0) is 42.1. The van der Waals surface area contributed by atoms with E-state index in [4.69, 9.17) is 5.73 Å². The fourth-order valence-electron chi connectivity index (χ4n) is 6.93. The second kappa shape index (κ2) is 16.5. The van der Waals surface area contributed by atoms with Gasteiger partial charge >= 0.3 is 0 Å². The molecule has 306 valence electrons.